The molecular formula is C6H13ClN2O2. The largest absolute Gasteiger partial charge is 0.465 e. The van der Waals surface area contributed by atoms with E-state index in [0.29, 0.717) is 5.92 Å². The summed E-state index contributed by atoms with van der Waals surface area (Å²) >= 11 is 0. The molecule has 1 heterocycles. The molecule has 2 atom stereocenters. The van der Waals surface area contributed by atoms with Crippen LogP contribution in [0.2, 0.25) is 0 Å². The maximum absolute atomic E-state index is 10.2. The average Bonchev–Trinajstić information content (AvgIpc) is 2.15. The van der Waals surface area contributed by atoms with Gasteiger partial charge in [-0.1, -0.05) is 6.92 Å². The van der Waals surface area contributed by atoms with Crippen molar-refractivity contribution < 1.29 is 9.90 Å². The van der Waals surface area contributed by atoms with E-state index < -0.39 is 6.09 Å². The van der Waals surface area contributed by atoms with E-state index in [1.165, 1.54) is 0 Å². The first-order valence-electron chi connectivity index (χ1n) is 3.40. The number of rotatable bonds is 1. The lowest BCUT2D eigenvalue weighted by Gasteiger charge is -2.12. The van der Waals surface area contributed by atoms with Crippen LogP contribution in [-0.4, -0.2) is 30.3 Å². The third-order valence-corrected chi connectivity index (χ3v) is 1.83. The number of carboxylic acid groups (broad SMARTS) is 1. The molecule has 0 aromatic rings. The summed E-state index contributed by atoms with van der Waals surface area (Å²) in [5.74, 6) is 0.413. The summed E-state index contributed by atoms with van der Waals surface area (Å²) in [6.07, 6.45) is -0.930. The molecule has 4 nitrogen and oxygen atoms in total. The van der Waals surface area contributed by atoms with Crippen LogP contribution in [0.4, 0.5) is 4.79 Å². The molecule has 0 aromatic carbocycles. The summed E-state index contributed by atoms with van der Waals surface area (Å²) in [7, 11) is 0. The lowest BCUT2D eigenvalue weighted by atomic mass is 10.1. The van der Waals surface area contributed by atoms with Crippen LogP contribution in [0.25, 0.3) is 0 Å². The van der Waals surface area contributed by atoms with Crippen molar-refractivity contribution in [3.63, 3.8) is 0 Å². The van der Waals surface area contributed by atoms with Crippen molar-refractivity contribution >= 4 is 18.5 Å². The number of amides is 1. The van der Waals surface area contributed by atoms with Crippen molar-refractivity contribution in [1.29, 1.82) is 0 Å². The summed E-state index contributed by atoms with van der Waals surface area (Å²) < 4.78 is 0. The third kappa shape index (κ3) is 2.95. The van der Waals surface area contributed by atoms with Crippen LogP contribution in [0.5, 0.6) is 0 Å². The Bertz CT molecular complexity index is 143. The van der Waals surface area contributed by atoms with Gasteiger partial charge in [-0.2, -0.15) is 0 Å². The molecule has 0 aliphatic carbocycles. The molecule has 0 spiro atoms. The van der Waals surface area contributed by atoms with Gasteiger partial charge in [-0.3, -0.25) is 0 Å². The number of carbonyl (C=O) groups is 1. The number of hydrogen-bond acceptors (Lipinski definition) is 2. The van der Waals surface area contributed by atoms with E-state index in [1.54, 1.807) is 0 Å². The second-order valence-electron chi connectivity index (χ2n) is 2.69. The van der Waals surface area contributed by atoms with Gasteiger partial charge in [0.05, 0.1) is 0 Å². The second-order valence-corrected chi connectivity index (χ2v) is 2.69. The van der Waals surface area contributed by atoms with E-state index in [0.717, 1.165) is 13.1 Å². The lowest BCUT2D eigenvalue weighted by Crippen LogP contribution is -2.38. The Hall–Kier alpha value is -0.480. The SMILES string of the molecule is C[C@@H]1CNC[C@H]1NC(=O)O.Cl. The Morgan fingerprint density at radius 2 is 2.27 bits per heavy atom. The van der Waals surface area contributed by atoms with E-state index in [2.05, 4.69) is 10.6 Å². The molecule has 1 aliphatic rings. The van der Waals surface area contributed by atoms with E-state index in [4.69, 9.17) is 5.11 Å². The van der Waals surface area contributed by atoms with Crippen molar-refractivity contribution in [3.8, 4) is 0 Å². The van der Waals surface area contributed by atoms with Crippen LogP contribution in [0.15, 0.2) is 0 Å². The number of halogens is 1. The standard InChI is InChI=1S/C6H12N2O2.ClH/c1-4-2-7-3-5(4)8-6(9)10;/h4-5,7-8H,2-3H2,1H3,(H,9,10);1H/t4-,5-;/m1./s1. The zero-order valence-corrected chi connectivity index (χ0v) is 7.15. The van der Waals surface area contributed by atoms with E-state index >= 15 is 0 Å². The Morgan fingerprint density at radius 3 is 2.64 bits per heavy atom. The molecule has 1 aliphatic heterocycles. The van der Waals surface area contributed by atoms with Gasteiger partial charge in [0.2, 0.25) is 0 Å². The minimum Gasteiger partial charge on any atom is -0.465 e. The Kier molecular flexibility index (Phi) is 4.22. The summed E-state index contributed by atoms with van der Waals surface area (Å²) in [6, 6.07) is 0.0949. The quantitative estimate of drug-likeness (QED) is 0.544. The van der Waals surface area contributed by atoms with E-state index in [1.807, 2.05) is 6.92 Å². The predicted octanol–water partition coefficient (Wildman–Crippen LogP) is 0.284. The van der Waals surface area contributed by atoms with Gasteiger partial charge in [0.25, 0.3) is 0 Å². The van der Waals surface area contributed by atoms with E-state index in [9.17, 15) is 4.79 Å². The first kappa shape index (κ1) is 10.5. The van der Waals surface area contributed by atoms with Gasteiger partial charge in [0.1, 0.15) is 0 Å². The van der Waals surface area contributed by atoms with Gasteiger partial charge < -0.3 is 15.7 Å². The molecule has 0 unspecified atom stereocenters. The maximum Gasteiger partial charge on any atom is 0.404 e. The van der Waals surface area contributed by atoms with Gasteiger partial charge in [0, 0.05) is 12.6 Å². The van der Waals surface area contributed by atoms with Gasteiger partial charge in [-0.05, 0) is 12.5 Å². The first-order valence-corrected chi connectivity index (χ1v) is 3.40. The van der Waals surface area contributed by atoms with Gasteiger partial charge in [-0.25, -0.2) is 4.79 Å². The molecule has 1 fully saturated rings. The Balaban J connectivity index is 0.000001000. The summed E-state index contributed by atoms with van der Waals surface area (Å²) in [6.45, 7) is 3.69. The second kappa shape index (κ2) is 4.41. The minimum absolute atomic E-state index is 0. The van der Waals surface area contributed by atoms with Crippen LogP contribution in [-0.2, 0) is 0 Å². The zero-order chi connectivity index (χ0) is 7.56. The average molecular weight is 181 g/mol. The van der Waals surface area contributed by atoms with Gasteiger partial charge in [-0.15, -0.1) is 12.4 Å². The molecule has 0 saturated carbocycles. The van der Waals surface area contributed by atoms with Crippen molar-refractivity contribution in [2.75, 3.05) is 13.1 Å². The van der Waals surface area contributed by atoms with E-state index in [-0.39, 0.29) is 18.4 Å². The Morgan fingerprint density at radius 1 is 1.64 bits per heavy atom. The fourth-order valence-electron chi connectivity index (χ4n) is 1.16. The van der Waals surface area contributed by atoms with Crippen LogP contribution in [0.1, 0.15) is 6.92 Å². The molecule has 0 bridgehead atoms. The Labute approximate surface area is 71.8 Å². The topological polar surface area (TPSA) is 61.4 Å². The normalized spacial score (nSPS) is 29.2. The van der Waals surface area contributed by atoms with Crippen LogP contribution >= 0.6 is 12.4 Å². The molecule has 0 radical (unpaired) electrons. The highest BCUT2D eigenvalue weighted by Crippen LogP contribution is 2.06. The van der Waals surface area contributed by atoms with Crippen LogP contribution in [0, 0.1) is 5.92 Å². The fraction of sp³-hybridized carbons (Fsp3) is 0.833. The molecule has 11 heavy (non-hydrogen) atoms. The predicted molar refractivity (Wildman–Crippen MR) is 44.2 cm³/mol. The van der Waals surface area contributed by atoms with Crippen LogP contribution < -0.4 is 10.6 Å². The highest BCUT2D eigenvalue weighted by Gasteiger charge is 2.23. The molecule has 1 amide bonds. The monoisotopic (exact) mass is 180 g/mol. The van der Waals surface area contributed by atoms with Gasteiger partial charge >= 0.3 is 6.09 Å². The molecule has 66 valence electrons. The minimum atomic E-state index is -0.930. The summed E-state index contributed by atoms with van der Waals surface area (Å²) in [5.41, 5.74) is 0. The summed E-state index contributed by atoms with van der Waals surface area (Å²) in [5, 5.41) is 13.9. The molecule has 5 heteroatoms. The maximum atomic E-state index is 10.2. The third-order valence-electron chi connectivity index (χ3n) is 1.83. The number of hydrogen-bond donors (Lipinski definition) is 3. The summed E-state index contributed by atoms with van der Waals surface area (Å²) in [4.78, 5) is 10.2. The zero-order valence-electron chi connectivity index (χ0n) is 6.33. The van der Waals surface area contributed by atoms with Gasteiger partial charge in [0.15, 0.2) is 0 Å². The molecule has 0 aromatic heterocycles. The van der Waals surface area contributed by atoms with Crippen molar-refractivity contribution in [3.05, 3.63) is 0 Å². The molecule has 1 saturated heterocycles. The molecular weight excluding hydrogens is 168 g/mol. The highest BCUT2D eigenvalue weighted by atomic mass is 35.5. The van der Waals surface area contributed by atoms with Crippen molar-refractivity contribution in [2.45, 2.75) is 13.0 Å². The van der Waals surface area contributed by atoms with Crippen molar-refractivity contribution in [2.24, 2.45) is 5.92 Å². The molecule has 3 N–H and O–H groups in total. The lowest BCUT2D eigenvalue weighted by molar-refractivity contribution is 0.188. The fourth-order valence-corrected chi connectivity index (χ4v) is 1.16. The smallest absolute Gasteiger partial charge is 0.404 e. The van der Waals surface area contributed by atoms with Crippen LogP contribution in [0.3, 0.4) is 0 Å². The number of nitrogens with one attached hydrogen (secondary N) is 2. The van der Waals surface area contributed by atoms with Crippen molar-refractivity contribution in [1.82, 2.24) is 10.6 Å². The first-order chi connectivity index (χ1) is 4.70. The molecule has 1 rings (SSSR count). The highest BCUT2D eigenvalue weighted by molar-refractivity contribution is 5.85.